The molecule has 0 radical (unpaired) electrons. The van der Waals surface area contributed by atoms with E-state index in [0.29, 0.717) is 0 Å². The fourth-order valence-corrected chi connectivity index (χ4v) is 1.62. The van der Waals surface area contributed by atoms with Gasteiger partial charge in [0.25, 0.3) is 0 Å². The van der Waals surface area contributed by atoms with E-state index in [-0.39, 0.29) is 16.7 Å². The predicted octanol–water partition coefficient (Wildman–Crippen LogP) is 4.09. The number of hydrogen-bond donors (Lipinski definition) is 0. The maximum Gasteiger partial charge on any atom is 0.339 e. The van der Waals surface area contributed by atoms with Crippen molar-refractivity contribution in [2.75, 3.05) is 0 Å². The summed E-state index contributed by atoms with van der Waals surface area (Å²) in [6.07, 6.45) is 1.16. The van der Waals surface area contributed by atoms with E-state index in [4.69, 9.17) is 11.6 Å². The molecule has 0 heterocycles. The van der Waals surface area contributed by atoms with E-state index >= 15 is 0 Å². The van der Waals surface area contributed by atoms with Crippen molar-refractivity contribution in [1.82, 2.24) is 0 Å². The lowest BCUT2D eigenvalue weighted by Crippen LogP contribution is -2.38. The first-order valence-electron chi connectivity index (χ1n) is 4.09. The van der Waals surface area contributed by atoms with E-state index < -0.39 is 17.4 Å². The topological polar surface area (TPSA) is 0 Å². The molecule has 0 aromatic heterocycles. The molecular formula is C10H5ClF4. The maximum atomic E-state index is 13.3. The number of allylic oxidation sites excluding steroid dienone is 1. The third-order valence-corrected chi connectivity index (χ3v) is 2.48. The van der Waals surface area contributed by atoms with Crippen LogP contribution < -0.4 is 0 Å². The first kappa shape index (κ1) is 10.5. The molecule has 0 aliphatic heterocycles. The van der Waals surface area contributed by atoms with Gasteiger partial charge in [0, 0.05) is 10.6 Å². The average molecular weight is 237 g/mol. The molecule has 1 aliphatic carbocycles. The Bertz CT molecular complexity index is 437. The third kappa shape index (κ3) is 1.44. The Hall–Kier alpha value is -1.03. The molecule has 0 saturated heterocycles. The van der Waals surface area contributed by atoms with Crippen LogP contribution in [0.1, 0.15) is 11.1 Å². The number of hydrogen-bond acceptors (Lipinski definition) is 0. The first-order valence-corrected chi connectivity index (χ1v) is 4.47. The normalized spacial score (nSPS) is 21.1. The molecule has 0 atom stereocenters. The fourth-order valence-electron chi connectivity index (χ4n) is 1.44. The van der Waals surface area contributed by atoms with Gasteiger partial charge in [0.1, 0.15) is 0 Å². The molecule has 0 N–H and O–H groups in total. The first-order chi connectivity index (χ1) is 6.84. The Morgan fingerprint density at radius 2 is 1.73 bits per heavy atom. The minimum Gasteiger partial charge on any atom is -0.195 e. The van der Waals surface area contributed by atoms with Crippen molar-refractivity contribution in [2.45, 2.75) is 11.8 Å². The maximum absolute atomic E-state index is 13.3. The summed E-state index contributed by atoms with van der Waals surface area (Å²) in [7, 11) is 0. The molecule has 1 aromatic carbocycles. The monoisotopic (exact) mass is 236 g/mol. The van der Waals surface area contributed by atoms with Crippen LogP contribution in [0.15, 0.2) is 24.3 Å². The molecule has 0 fully saturated rings. The Morgan fingerprint density at radius 1 is 1.07 bits per heavy atom. The molecule has 80 valence electrons. The Balaban J connectivity index is 2.66. The highest BCUT2D eigenvalue weighted by Gasteiger charge is 2.57. The summed E-state index contributed by atoms with van der Waals surface area (Å²) in [5, 5.41) is 0.236. The van der Waals surface area contributed by atoms with Crippen molar-refractivity contribution in [2.24, 2.45) is 0 Å². The van der Waals surface area contributed by atoms with Crippen LogP contribution >= 0.6 is 11.6 Å². The Labute approximate surface area is 88.2 Å². The van der Waals surface area contributed by atoms with Crippen LogP contribution in [0.5, 0.6) is 0 Å². The molecule has 5 heteroatoms. The van der Waals surface area contributed by atoms with Crippen molar-refractivity contribution in [1.29, 1.82) is 0 Å². The number of halogens is 5. The molecule has 15 heavy (non-hydrogen) atoms. The molecule has 0 spiro atoms. The van der Waals surface area contributed by atoms with E-state index in [1.807, 2.05) is 0 Å². The second-order valence-corrected chi connectivity index (χ2v) is 3.70. The van der Waals surface area contributed by atoms with Crippen molar-refractivity contribution in [3.8, 4) is 0 Å². The van der Waals surface area contributed by atoms with Crippen LogP contribution in [0.25, 0.3) is 6.08 Å². The minimum absolute atomic E-state index is 0.0263. The van der Waals surface area contributed by atoms with Gasteiger partial charge in [-0.2, -0.15) is 17.6 Å². The van der Waals surface area contributed by atoms with Crippen molar-refractivity contribution >= 4 is 17.7 Å². The molecule has 0 saturated carbocycles. The molecule has 0 nitrogen and oxygen atoms in total. The fraction of sp³-hybridized carbons (Fsp3) is 0.200. The van der Waals surface area contributed by atoms with Gasteiger partial charge in [-0.05, 0) is 23.8 Å². The summed E-state index contributed by atoms with van der Waals surface area (Å²) in [5.41, 5.74) is -0.669. The van der Waals surface area contributed by atoms with E-state index in [2.05, 4.69) is 0 Å². The standard InChI is InChI=1S/C10H5ClF4/c11-7-1-2-8-6(5-7)3-4-9(12,13)10(8,14)15/h1-5H. The SMILES string of the molecule is FC1(F)C=Cc2cc(Cl)ccc2C1(F)F. The zero-order valence-corrected chi connectivity index (χ0v) is 8.03. The molecule has 1 aromatic rings. The van der Waals surface area contributed by atoms with Crippen LogP contribution in [0, 0.1) is 0 Å². The van der Waals surface area contributed by atoms with Crippen LogP contribution in [0.4, 0.5) is 17.6 Å². The minimum atomic E-state index is -4.18. The molecule has 0 amide bonds. The second-order valence-electron chi connectivity index (χ2n) is 3.26. The summed E-state index contributed by atoms with van der Waals surface area (Å²) in [4.78, 5) is 0. The quantitative estimate of drug-likeness (QED) is 0.595. The van der Waals surface area contributed by atoms with Gasteiger partial charge >= 0.3 is 11.8 Å². The number of benzene rings is 1. The number of alkyl halides is 4. The average Bonchev–Trinajstić information content (AvgIpc) is 2.12. The van der Waals surface area contributed by atoms with Crippen molar-refractivity contribution in [3.05, 3.63) is 40.4 Å². The van der Waals surface area contributed by atoms with Gasteiger partial charge in [-0.25, -0.2) is 0 Å². The lowest BCUT2D eigenvalue weighted by atomic mass is 9.91. The zero-order valence-electron chi connectivity index (χ0n) is 7.28. The van der Waals surface area contributed by atoms with Crippen molar-refractivity contribution < 1.29 is 17.6 Å². The molecule has 1 aliphatic rings. The van der Waals surface area contributed by atoms with Crippen LogP contribution in [-0.4, -0.2) is 5.92 Å². The summed E-state index contributed by atoms with van der Waals surface area (Å²) >= 11 is 5.57. The third-order valence-electron chi connectivity index (χ3n) is 2.24. The number of fused-ring (bicyclic) bond motifs is 1. The summed E-state index contributed by atoms with van der Waals surface area (Å²) < 4.78 is 52.3. The van der Waals surface area contributed by atoms with E-state index in [1.54, 1.807) is 0 Å². The van der Waals surface area contributed by atoms with Gasteiger partial charge in [0.2, 0.25) is 0 Å². The van der Waals surface area contributed by atoms with E-state index in [1.165, 1.54) is 12.1 Å². The Kier molecular flexibility index (Phi) is 2.08. The lowest BCUT2D eigenvalue weighted by Gasteiger charge is -2.28. The zero-order chi connectivity index (χ0) is 11.3. The van der Waals surface area contributed by atoms with Gasteiger partial charge < -0.3 is 0 Å². The van der Waals surface area contributed by atoms with Gasteiger partial charge in [0.15, 0.2) is 0 Å². The van der Waals surface area contributed by atoms with Gasteiger partial charge in [0.05, 0.1) is 0 Å². The van der Waals surface area contributed by atoms with Crippen LogP contribution in [0.3, 0.4) is 0 Å². The summed E-state index contributed by atoms with van der Waals surface area (Å²) in [6.45, 7) is 0. The summed E-state index contributed by atoms with van der Waals surface area (Å²) in [5.74, 6) is -8.32. The number of rotatable bonds is 0. The van der Waals surface area contributed by atoms with E-state index in [0.717, 1.165) is 12.1 Å². The smallest absolute Gasteiger partial charge is 0.195 e. The molecular weight excluding hydrogens is 232 g/mol. The van der Waals surface area contributed by atoms with E-state index in [9.17, 15) is 17.6 Å². The van der Waals surface area contributed by atoms with Crippen molar-refractivity contribution in [3.63, 3.8) is 0 Å². The predicted molar refractivity (Wildman–Crippen MR) is 49.3 cm³/mol. The largest absolute Gasteiger partial charge is 0.339 e. The highest BCUT2D eigenvalue weighted by molar-refractivity contribution is 6.30. The highest BCUT2D eigenvalue weighted by atomic mass is 35.5. The molecule has 0 unspecified atom stereocenters. The second kappa shape index (κ2) is 2.98. The van der Waals surface area contributed by atoms with Gasteiger partial charge in [-0.3, -0.25) is 0 Å². The lowest BCUT2D eigenvalue weighted by molar-refractivity contribution is -0.187. The Morgan fingerprint density at radius 3 is 2.40 bits per heavy atom. The van der Waals surface area contributed by atoms with Crippen LogP contribution in [0.2, 0.25) is 5.02 Å². The van der Waals surface area contributed by atoms with Gasteiger partial charge in [-0.1, -0.05) is 23.7 Å². The van der Waals surface area contributed by atoms with Gasteiger partial charge in [-0.15, -0.1) is 0 Å². The highest BCUT2D eigenvalue weighted by Crippen LogP contribution is 2.48. The molecule has 0 bridgehead atoms. The summed E-state index contributed by atoms with van der Waals surface area (Å²) in [6, 6.07) is 3.33. The molecule has 2 rings (SSSR count). The van der Waals surface area contributed by atoms with Crippen LogP contribution in [-0.2, 0) is 5.92 Å².